The fraction of sp³-hybridized carbons (Fsp3) is 0.0270. The Hall–Kier alpha value is -9.76. The van der Waals surface area contributed by atoms with Crippen LogP contribution < -0.4 is 4.90 Å². The topological polar surface area (TPSA) is 8.17 Å². The number of benzene rings is 12. The Bertz CT molecular complexity index is 4480. The van der Waals surface area contributed by atoms with Gasteiger partial charge < -0.3 is 9.47 Å². The molecule has 0 bridgehead atoms. The van der Waals surface area contributed by atoms with E-state index in [1.54, 1.807) is 0 Å². The number of nitrogens with zero attached hydrogens (tertiary/aromatic N) is 2. The molecule has 0 saturated carbocycles. The molecule has 0 amide bonds. The van der Waals surface area contributed by atoms with Gasteiger partial charge >= 0.3 is 0 Å². The Balaban J connectivity index is 0.799. The Morgan fingerprint density at radius 3 is 1.29 bits per heavy atom. The minimum atomic E-state index is -0.425. The van der Waals surface area contributed by atoms with Crippen LogP contribution in [0.3, 0.4) is 0 Å². The lowest BCUT2D eigenvalue weighted by Crippen LogP contribution is -2.26. The first-order valence-electron chi connectivity index (χ1n) is 26.6. The molecule has 12 aromatic carbocycles. The molecule has 1 heterocycles. The zero-order chi connectivity index (χ0) is 49.7. The van der Waals surface area contributed by atoms with Crippen LogP contribution in [0.25, 0.3) is 83.1 Å². The monoisotopic (exact) mass is 962 g/mol. The van der Waals surface area contributed by atoms with E-state index in [2.05, 4.69) is 289 Å². The molecule has 0 atom stereocenters. The van der Waals surface area contributed by atoms with Gasteiger partial charge in [0, 0.05) is 33.4 Å². The van der Waals surface area contributed by atoms with Crippen molar-refractivity contribution in [2.75, 3.05) is 4.90 Å². The summed E-state index contributed by atoms with van der Waals surface area (Å²) in [5, 5.41) is 2.48. The molecule has 352 valence electrons. The number of anilines is 3. The van der Waals surface area contributed by atoms with E-state index in [1.165, 1.54) is 133 Å². The largest absolute Gasteiger partial charge is 0.310 e. The highest BCUT2D eigenvalue weighted by molar-refractivity contribution is 6.11. The van der Waals surface area contributed by atoms with Crippen molar-refractivity contribution in [2.24, 2.45) is 0 Å². The van der Waals surface area contributed by atoms with Gasteiger partial charge in [-0.1, -0.05) is 218 Å². The van der Waals surface area contributed by atoms with Gasteiger partial charge in [-0.3, -0.25) is 0 Å². The van der Waals surface area contributed by atoms with E-state index >= 15 is 0 Å². The first-order chi connectivity index (χ1) is 37.7. The van der Waals surface area contributed by atoms with Crippen molar-refractivity contribution in [1.82, 2.24) is 4.57 Å². The summed E-state index contributed by atoms with van der Waals surface area (Å²) in [6.07, 6.45) is 0. The maximum atomic E-state index is 2.50. The fourth-order valence-electron chi connectivity index (χ4n) is 14.8. The van der Waals surface area contributed by atoms with Crippen molar-refractivity contribution in [2.45, 2.75) is 10.8 Å². The number of hydrogen-bond acceptors (Lipinski definition) is 1. The van der Waals surface area contributed by atoms with Crippen LogP contribution in [0.15, 0.2) is 279 Å². The number of rotatable bonds is 5. The Labute approximate surface area is 441 Å². The summed E-state index contributed by atoms with van der Waals surface area (Å²) >= 11 is 0. The summed E-state index contributed by atoms with van der Waals surface area (Å²) in [7, 11) is 0. The van der Waals surface area contributed by atoms with Gasteiger partial charge in [-0.2, -0.15) is 0 Å². The van der Waals surface area contributed by atoms with Crippen LogP contribution in [-0.2, 0) is 10.8 Å². The van der Waals surface area contributed by atoms with E-state index in [1.807, 2.05) is 0 Å². The average molecular weight is 963 g/mol. The zero-order valence-electron chi connectivity index (χ0n) is 41.5. The third-order valence-corrected chi connectivity index (χ3v) is 17.6. The fourth-order valence-corrected chi connectivity index (χ4v) is 14.8. The van der Waals surface area contributed by atoms with Gasteiger partial charge in [-0.15, -0.1) is 0 Å². The van der Waals surface area contributed by atoms with Crippen LogP contribution in [0.5, 0.6) is 0 Å². The number of para-hydroxylation sites is 2. The lowest BCUT2D eigenvalue weighted by atomic mass is 9.70. The molecule has 76 heavy (non-hydrogen) atoms. The Morgan fingerprint density at radius 1 is 0.263 bits per heavy atom. The van der Waals surface area contributed by atoms with Crippen LogP contribution in [0.1, 0.15) is 44.5 Å². The molecule has 2 spiro atoms. The van der Waals surface area contributed by atoms with E-state index in [0.29, 0.717) is 0 Å². The van der Waals surface area contributed by atoms with E-state index in [9.17, 15) is 0 Å². The first kappa shape index (κ1) is 41.7. The predicted molar refractivity (Wildman–Crippen MR) is 313 cm³/mol. The second-order valence-corrected chi connectivity index (χ2v) is 21.0. The quantitative estimate of drug-likeness (QED) is 0.167. The molecule has 0 aliphatic heterocycles. The van der Waals surface area contributed by atoms with Crippen LogP contribution in [0.2, 0.25) is 0 Å². The molecule has 13 aromatic rings. The van der Waals surface area contributed by atoms with Crippen molar-refractivity contribution < 1.29 is 0 Å². The lowest BCUT2D eigenvalue weighted by molar-refractivity contribution is 0.792. The molecule has 4 aliphatic carbocycles. The molecule has 0 radical (unpaired) electrons. The second-order valence-electron chi connectivity index (χ2n) is 21.0. The maximum Gasteiger partial charge on any atom is 0.0726 e. The first-order valence-corrected chi connectivity index (χ1v) is 26.6. The highest BCUT2D eigenvalue weighted by Gasteiger charge is 2.53. The Morgan fingerprint density at radius 2 is 0.697 bits per heavy atom. The van der Waals surface area contributed by atoms with Crippen LogP contribution in [0.4, 0.5) is 17.1 Å². The van der Waals surface area contributed by atoms with E-state index < -0.39 is 10.8 Å². The zero-order valence-corrected chi connectivity index (χ0v) is 41.5. The number of aromatic nitrogens is 1. The molecule has 4 aliphatic rings. The maximum absolute atomic E-state index is 2.50. The summed E-state index contributed by atoms with van der Waals surface area (Å²) in [6, 6.07) is 105. The van der Waals surface area contributed by atoms with Gasteiger partial charge in [-0.25, -0.2) is 0 Å². The van der Waals surface area contributed by atoms with Crippen molar-refractivity contribution in [3.05, 3.63) is 324 Å². The van der Waals surface area contributed by atoms with Crippen molar-refractivity contribution in [1.29, 1.82) is 0 Å². The van der Waals surface area contributed by atoms with E-state index in [-0.39, 0.29) is 0 Å². The summed E-state index contributed by atoms with van der Waals surface area (Å²) in [5.41, 5.74) is 29.7. The van der Waals surface area contributed by atoms with Crippen LogP contribution in [0, 0.1) is 0 Å². The van der Waals surface area contributed by atoms with Crippen molar-refractivity contribution >= 4 is 38.9 Å². The minimum Gasteiger partial charge on any atom is -0.310 e. The van der Waals surface area contributed by atoms with Crippen LogP contribution in [-0.4, -0.2) is 4.57 Å². The highest BCUT2D eigenvalue weighted by Crippen LogP contribution is 2.66. The highest BCUT2D eigenvalue weighted by atomic mass is 15.1. The van der Waals surface area contributed by atoms with Gasteiger partial charge in [0.1, 0.15) is 0 Å². The molecule has 2 nitrogen and oxygen atoms in total. The lowest BCUT2D eigenvalue weighted by Gasteiger charge is -2.31. The molecule has 0 unspecified atom stereocenters. The average Bonchev–Trinajstić information content (AvgIpc) is 4.22. The van der Waals surface area contributed by atoms with E-state index in [4.69, 9.17) is 0 Å². The third kappa shape index (κ3) is 5.25. The van der Waals surface area contributed by atoms with Gasteiger partial charge in [0.15, 0.2) is 0 Å². The van der Waals surface area contributed by atoms with E-state index in [0.717, 1.165) is 11.4 Å². The second kappa shape index (κ2) is 15.4. The number of fused-ring (bicyclic) bond motifs is 23. The number of hydrogen-bond donors (Lipinski definition) is 0. The molecule has 0 saturated heterocycles. The third-order valence-electron chi connectivity index (χ3n) is 17.6. The summed E-state index contributed by atoms with van der Waals surface area (Å²) in [5.74, 6) is 0. The Kier molecular flexibility index (Phi) is 8.44. The van der Waals surface area contributed by atoms with Crippen molar-refractivity contribution in [3.8, 4) is 61.3 Å². The van der Waals surface area contributed by atoms with Crippen LogP contribution >= 0.6 is 0 Å². The SMILES string of the molecule is c1ccc(N(c2ccc(-c3ccc4c(c3)c3ccccc3n4-c3ccc4c(c3)C3(c5ccccc5-c5ccccc53)c3ccccc3-4)cc2)c2cccc3c2-c2ccccc2C32c3ccccc3-c3ccccc32)cc1. The molecular formula is C74H46N2. The normalized spacial score (nSPS) is 14.0. The molecular weight excluding hydrogens is 917 g/mol. The molecule has 2 heteroatoms. The molecule has 0 N–H and O–H groups in total. The minimum absolute atomic E-state index is 0.412. The molecule has 0 fully saturated rings. The standard InChI is InChI=1S/C74H46N2/c1-2-19-49(20-3-1)75(71-36-18-34-67-72(71)59-27-9-16-33-66(59)73(67)61-28-11-4-21-52(61)53-22-5-12-29-62(53)73)50-40-37-47(38-41-50)48-39-44-70-60(45-48)58-26-10-17-35-69(58)76(70)51-42-43-57-56-25-8-15-32-65(56)74(68(57)46-51)63-30-13-6-23-54(63)55-24-7-14-31-64(55)74/h1-46H. The van der Waals surface area contributed by atoms with Gasteiger partial charge in [0.2, 0.25) is 0 Å². The molecule has 17 rings (SSSR count). The summed E-state index contributed by atoms with van der Waals surface area (Å²) in [4.78, 5) is 2.46. The van der Waals surface area contributed by atoms with Gasteiger partial charge in [-0.05, 0) is 155 Å². The van der Waals surface area contributed by atoms with Gasteiger partial charge in [0.25, 0.3) is 0 Å². The summed E-state index contributed by atoms with van der Waals surface area (Å²) in [6.45, 7) is 0. The smallest absolute Gasteiger partial charge is 0.0726 e. The van der Waals surface area contributed by atoms with Crippen molar-refractivity contribution in [3.63, 3.8) is 0 Å². The molecule has 1 aromatic heterocycles. The van der Waals surface area contributed by atoms with Gasteiger partial charge in [0.05, 0.1) is 27.6 Å². The summed E-state index contributed by atoms with van der Waals surface area (Å²) < 4.78 is 2.49. The predicted octanol–water partition coefficient (Wildman–Crippen LogP) is 18.6.